The zero-order chi connectivity index (χ0) is 20.6. The molecule has 150 valence electrons. The van der Waals surface area contributed by atoms with Crippen molar-refractivity contribution < 1.29 is 9.47 Å². The minimum atomic E-state index is -0.390. The number of ether oxygens (including phenoxy) is 2. The van der Waals surface area contributed by atoms with Crippen LogP contribution >= 0.6 is 11.6 Å². The van der Waals surface area contributed by atoms with Gasteiger partial charge in [-0.05, 0) is 36.2 Å². The molecule has 0 amide bonds. The standard InChI is InChI=1S/C21H21ClN4O3/c1-3-29-18-10-9-16(11-19(18)28-2)12-23-25-17-13-24-26(21(27)20(17)22)14-15-7-5-4-6-8-15/h4-13,25H,3,14H2,1-2H3/b23-12-. The van der Waals surface area contributed by atoms with Gasteiger partial charge in [0.25, 0.3) is 5.56 Å². The molecular weight excluding hydrogens is 392 g/mol. The average Bonchev–Trinajstić information content (AvgIpc) is 2.75. The summed E-state index contributed by atoms with van der Waals surface area (Å²) >= 11 is 6.20. The van der Waals surface area contributed by atoms with E-state index in [-0.39, 0.29) is 5.02 Å². The highest BCUT2D eigenvalue weighted by Gasteiger charge is 2.09. The lowest BCUT2D eigenvalue weighted by Crippen LogP contribution is -2.24. The summed E-state index contributed by atoms with van der Waals surface area (Å²) in [6.07, 6.45) is 3.06. The number of methoxy groups -OCH3 is 1. The van der Waals surface area contributed by atoms with E-state index in [1.165, 1.54) is 10.9 Å². The van der Waals surface area contributed by atoms with Crippen LogP contribution in [0.5, 0.6) is 11.5 Å². The number of halogens is 1. The van der Waals surface area contributed by atoms with E-state index in [1.54, 1.807) is 19.4 Å². The molecule has 0 unspecified atom stereocenters. The van der Waals surface area contributed by atoms with Gasteiger partial charge in [-0.3, -0.25) is 10.2 Å². The molecule has 0 radical (unpaired) electrons. The lowest BCUT2D eigenvalue weighted by molar-refractivity contribution is 0.311. The molecule has 0 saturated heterocycles. The van der Waals surface area contributed by atoms with Crippen molar-refractivity contribution in [3.8, 4) is 11.5 Å². The molecule has 1 heterocycles. The summed E-state index contributed by atoms with van der Waals surface area (Å²) in [5.41, 5.74) is 4.45. The van der Waals surface area contributed by atoms with Crippen LogP contribution in [0.2, 0.25) is 5.02 Å². The number of nitrogens with one attached hydrogen (secondary N) is 1. The predicted octanol–water partition coefficient (Wildman–Crippen LogP) is 3.80. The Morgan fingerprint density at radius 2 is 2.00 bits per heavy atom. The van der Waals surface area contributed by atoms with Gasteiger partial charge in [0, 0.05) is 0 Å². The van der Waals surface area contributed by atoms with Gasteiger partial charge < -0.3 is 9.47 Å². The molecule has 0 saturated carbocycles. The quantitative estimate of drug-likeness (QED) is 0.449. The Morgan fingerprint density at radius 3 is 2.72 bits per heavy atom. The topological polar surface area (TPSA) is 77.7 Å². The molecule has 0 aliphatic carbocycles. The van der Waals surface area contributed by atoms with Crippen LogP contribution in [-0.4, -0.2) is 29.7 Å². The molecule has 0 aliphatic heterocycles. The van der Waals surface area contributed by atoms with Crippen LogP contribution in [0.15, 0.2) is 64.6 Å². The smallest absolute Gasteiger partial charge is 0.288 e. The number of hydrazone groups is 1. The Balaban J connectivity index is 1.72. The lowest BCUT2D eigenvalue weighted by atomic mass is 10.2. The van der Waals surface area contributed by atoms with Crippen molar-refractivity contribution in [3.05, 3.63) is 81.2 Å². The highest BCUT2D eigenvalue weighted by Crippen LogP contribution is 2.27. The van der Waals surface area contributed by atoms with Crippen LogP contribution in [0.3, 0.4) is 0 Å². The van der Waals surface area contributed by atoms with Gasteiger partial charge in [-0.15, -0.1) is 0 Å². The Hall–Kier alpha value is -3.32. The second-order valence-corrected chi connectivity index (χ2v) is 6.41. The summed E-state index contributed by atoms with van der Waals surface area (Å²) in [6, 6.07) is 15.0. The molecule has 0 aliphatic rings. The van der Waals surface area contributed by atoms with E-state index in [0.29, 0.717) is 30.3 Å². The van der Waals surface area contributed by atoms with Gasteiger partial charge in [-0.25, -0.2) is 4.68 Å². The summed E-state index contributed by atoms with van der Waals surface area (Å²) < 4.78 is 12.1. The molecule has 1 aromatic heterocycles. The van der Waals surface area contributed by atoms with Crippen LogP contribution in [0.25, 0.3) is 0 Å². The molecule has 29 heavy (non-hydrogen) atoms. The van der Waals surface area contributed by atoms with Crippen molar-refractivity contribution in [1.29, 1.82) is 0 Å². The summed E-state index contributed by atoms with van der Waals surface area (Å²) in [7, 11) is 1.58. The number of nitrogens with zero attached hydrogens (tertiary/aromatic N) is 3. The third-order valence-electron chi connectivity index (χ3n) is 4.05. The first-order valence-corrected chi connectivity index (χ1v) is 9.39. The summed E-state index contributed by atoms with van der Waals surface area (Å²) in [6.45, 7) is 2.80. The second kappa shape index (κ2) is 9.75. The Morgan fingerprint density at radius 1 is 1.21 bits per heavy atom. The van der Waals surface area contributed by atoms with Gasteiger partial charge in [0.15, 0.2) is 11.5 Å². The van der Waals surface area contributed by atoms with Crippen molar-refractivity contribution >= 4 is 23.5 Å². The van der Waals surface area contributed by atoms with Gasteiger partial charge in [0.1, 0.15) is 10.7 Å². The average molecular weight is 413 g/mol. The van der Waals surface area contributed by atoms with Crippen molar-refractivity contribution in [1.82, 2.24) is 9.78 Å². The van der Waals surface area contributed by atoms with Crippen LogP contribution in [0.4, 0.5) is 5.69 Å². The maximum Gasteiger partial charge on any atom is 0.288 e. The zero-order valence-electron chi connectivity index (χ0n) is 16.1. The molecule has 8 heteroatoms. The van der Waals surface area contributed by atoms with E-state index >= 15 is 0 Å². The molecule has 3 aromatic rings. The summed E-state index contributed by atoms with van der Waals surface area (Å²) in [5.74, 6) is 1.27. The number of aromatic nitrogens is 2. The number of anilines is 1. The maximum atomic E-state index is 12.5. The third-order valence-corrected chi connectivity index (χ3v) is 4.41. The van der Waals surface area contributed by atoms with Crippen LogP contribution in [0, 0.1) is 0 Å². The molecule has 0 atom stereocenters. The van der Waals surface area contributed by atoms with Crippen molar-refractivity contribution in [3.63, 3.8) is 0 Å². The molecule has 0 fully saturated rings. The molecule has 3 rings (SSSR count). The van der Waals surface area contributed by atoms with Crippen molar-refractivity contribution in [2.24, 2.45) is 5.10 Å². The third kappa shape index (κ3) is 5.14. The van der Waals surface area contributed by atoms with E-state index < -0.39 is 5.56 Å². The van der Waals surface area contributed by atoms with Crippen molar-refractivity contribution in [2.75, 3.05) is 19.1 Å². The number of hydrogen-bond donors (Lipinski definition) is 1. The molecule has 0 spiro atoms. The highest BCUT2D eigenvalue weighted by atomic mass is 35.5. The van der Waals surface area contributed by atoms with E-state index in [4.69, 9.17) is 21.1 Å². The van der Waals surface area contributed by atoms with Crippen molar-refractivity contribution in [2.45, 2.75) is 13.5 Å². The van der Waals surface area contributed by atoms with Gasteiger partial charge in [-0.1, -0.05) is 41.9 Å². The van der Waals surface area contributed by atoms with Gasteiger partial charge >= 0.3 is 0 Å². The van der Waals surface area contributed by atoms with E-state index in [0.717, 1.165) is 11.1 Å². The molecular formula is C21H21ClN4O3. The summed E-state index contributed by atoms with van der Waals surface area (Å²) in [4.78, 5) is 12.5. The van der Waals surface area contributed by atoms with E-state index in [2.05, 4.69) is 15.6 Å². The largest absolute Gasteiger partial charge is 0.493 e. The fourth-order valence-corrected chi connectivity index (χ4v) is 2.82. The fourth-order valence-electron chi connectivity index (χ4n) is 2.63. The Bertz CT molecular complexity index is 1050. The Labute approximate surface area is 173 Å². The normalized spacial score (nSPS) is 10.9. The van der Waals surface area contributed by atoms with Gasteiger partial charge in [-0.2, -0.15) is 10.2 Å². The molecule has 0 bridgehead atoms. The molecule has 2 aromatic carbocycles. The second-order valence-electron chi connectivity index (χ2n) is 6.03. The number of hydrogen-bond acceptors (Lipinski definition) is 6. The van der Waals surface area contributed by atoms with Gasteiger partial charge in [0.2, 0.25) is 0 Å². The first-order valence-electron chi connectivity index (χ1n) is 9.01. The Kier molecular flexibility index (Phi) is 6.86. The minimum Gasteiger partial charge on any atom is -0.493 e. The van der Waals surface area contributed by atoms with Crippen LogP contribution in [0.1, 0.15) is 18.1 Å². The molecule has 1 N–H and O–H groups in total. The first kappa shape index (κ1) is 20.4. The van der Waals surface area contributed by atoms with Crippen LogP contribution < -0.4 is 20.5 Å². The van der Waals surface area contributed by atoms with E-state index in [1.807, 2.05) is 49.4 Å². The van der Waals surface area contributed by atoms with Gasteiger partial charge in [0.05, 0.1) is 32.7 Å². The number of benzene rings is 2. The first-order chi connectivity index (χ1) is 14.1. The monoisotopic (exact) mass is 412 g/mol. The fraction of sp³-hybridized carbons (Fsp3) is 0.190. The molecule has 7 nitrogen and oxygen atoms in total. The van der Waals surface area contributed by atoms with Crippen LogP contribution in [-0.2, 0) is 6.54 Å². The SMILES string of the molecule is CCOc1ccc(/C=N\Nc2cnn(Cc3ccccc3)c(=O)c2Cl)cc1OC. The zero-order valence-corrected chi connectivity index (χ0v) is 16.9. The lowest BCUT2D eigenvalue weighted by Gasteiger charge is -2.09. The predicted molar refractivity (Wildman–Crippen MR) is 114 cm³/mol. The minimum absolute atomic E-state index is 0.0253. The maximum absolute atomic E-state index is 12.5. The highest BCUT2D eigenvalue weighted by molar-refractivity contribution is 6.32. The number of rotatable bonds is 8. The summed E-state index contributed by atoms with van der Waals surface area (Å²) in [5, 5.41) is 8.33. The van der Waals surface area contributed by atoms with E-state index in [9.17, 15) is 4.79 Å².